The highest BCUT2D eigenvalue weighted by Crippen LogP contribution is 2.23. The fourth-order valence-corrected chi connectivity index (χ4v) is 2.80. The third kappa shape index (κ3) is 2.40. The molecule has 0 unspecified atom stereocenters. The number of rotatable bonds is 2. The molecule has 0 aromatic carbocycles. The number of morpholine rings is 1. The number of nitrogens with zero attached hydrogens (tertiary/aromatic N) is 4. The Labute approximate surface area is 123 Å². The Kier molecular flexibility index (Phi) is 3.63. The minimum Gasteiger partial charge on any atom is -0.378 e. The molecule has 112 valence electrons. The number of fused-ring (bicyclic) bond motifs is 1. The monoisotopic (exact) mass is 288 g/mol. The molecule has 3 rings (SSSR count). The van der Waals surface area contributed by atoms with Crippen LogP contribution in [0.15, 0.2) is 6.07 Å². The summed E-state index contributed by atoms with van der Waals surface area (Å²) in [6.45, 7) is 9.11. The maximum atomic E-state index is 12.8. The van der Waals surface area contributed by atoms with Crippen LogP contribution in [0.3, 0.4) is 0 Å². The molecule has 6 nitrogen and oxygen atoms in total. The van der Waals surface area contributed by atoms with Crippen molar-refractivity contribution in [2.75, 3.05) is 26.3 Å². The highest BCUT2D eigenvalue weighted by atomic mass is 16.5. The number of carbonyl (C=O) groups is 1. The summed E-state index contributed by atoms with van der Waals surface area (Å²) in [4.78, 5) is 19.2. The van der Waals surface area contributed by atoms with Gasteiger partial charge in [0.25, 0.3) is 5.91 Å². The van der Waals surface area contributed by atoms with E-state index in [2.05, 4.69) is 10.1 Å². The summed E-state index contributed by atoms with van der Waals surface area (Å²) in [5.41, 5.74) is 3.20. The smallest absolute Gasteiger partial charge is 0.254 e. The first-order valence-corrected chi connectivity index (χ1v) is 7.33. The number of aryl methyl sites for hydroxylation is 3. The molecule has 1 aliphatic rings. The van der Waals surface area contributed by atoms with E-state index in [1.807, 2.05) is 36.4 Å². The molecule has 0 saturated carbocycles. The van der Waals surface area contributed by atoms with E-state index in [1.54, 1.807) is 0 Å². The van der Waals surface area contributed by atoms with Gasteiger partial charge < -0.3 is 9.64 Å². The second-order valence-corrected chi connectivity index (χ2v) is 5.32. The molecule has 3 heterocycles. The van der Waals surface area contributed by atoms with Crippen molar-refractivity contribution in [2.24, 2.45) is 0 Å². The topological polar surface area (TPSA) is 60.2 Å². The van der Waals surface area contributed by atoms with Crippen LogP contribution in [0.5, 0.6) is 0 Å². The van der Waals surface area contributed by atoms with E-state index in [1.165, 1.54) is 0 Å². The fourth-order valence-electron chi connectivity index (χ4n) is 2.80. The average molecular weight is 288 g/mol. The summed E-state index contributed by atoms with van der Waals surface area (Å²) in [6.07, 6.45) is 0. The molecule has 1 saturated heterocycles. The Balaban J connectivity index is 2.12. The first-order chi connectivity index (χ1) is 10.1. The molecule has 21 heavy (non-hydrogen) atoms. The van der Waals surface area contributed by atoms with Gasteiger partial charge in [0.15, 0.2) is 5.65 Å². The van der Waals surface area contributed by atoms with E-state index in [-0.39, 0.29) is 5.91 Å². The van der Waals surface area contributed by atoms with Crippen molar-refractivity contribution in [1.29, 1.82) is 0 Å². The summed E-state index contributed by atoms with van der Waals surface area (Å²) in [5, 5.41) is 5.37. The van der Waals surface area contributed by atoms with Crippen molar-refractivity contribution in [1.82, 2.24) is 19.7 Å². The predicted molar refractivity (Wildman–Crippen MR) is 79.4 cm³/mol. The first kappa shape index (κ1) is 14.0. The maximum absolute atomic E-state index is 12.8. The maximum Gasteiger partial charge on any atom is 0.254 e. The van der Waals surface area contributed by atoms with Crippen molar-refractivity contribution in [3.63, 3.8) is 0 Å². The molecule has 6 heteroatoms. The van der Waals surface area contributed by atoms with Crippen LogP contribution in [-0.2, 0) is 11.3 Å². The Bertz CT molecular complexity index is 687. The summed E-state index contributed by atoms with van der Waals surface area (Å²) in [6, 6.07) is 1.87. The lowest BCUT2D eigenvalue weighted by atomic mass is 10.1. The number of ether oxygens (including phenoxy) is 1. The zero-order chi connectivity index (χ0) is 15.0. The van der Waals surface area contributed by atoms with Gasteiger partial charge in [-0.3, -0.25) is 4.79 Å². The lowest BCUT2D eigenvalue weighted by molar-refractivity contribution is 0.0304. The highest BCUT2D eigenvalue weighted by Gasteiger charge is 2.23. The van der Waals surface area contributed by atoms with Crippen molar-refractivity contribution in [2.45, 2.75) is 27.3 Å². The standard InChI is InChI=1S/C15H20N4O2/c1-4-19-14-13(11(3)17-19)12(9-10(2)16-14)15(20)18-5-7-21-8-6-18/h9H,4-8H2,1-3H3. The quantitative estimate of drug-likeness (QED) is 0.841. The first-order valence-electron chi connectivity index (χ1n) is 7.33. The molecule has 0 radical (unpaired) electrons. The van der Waals surface area contributed by atoms with E-state index < -0.39 is 0 Å². The Morgan fingerprint density at radius 2 is 2.05 bits per heavy atom. The van der Waals surface area contributed by atoms with Gasteiger partial charge in [-0.2, -0.15) is 5.10 Å². The van der Waals surface area contributed by atoms with E-state index >= 15 is 0 Å². The number of hydrogen-bond acceptors (Lipinski definition) is 4. The molecule has 0 atom stereocenters. The third-order valence-electron chi connectivity index (χ3n) is 3.83. The number of aromatic nitrogens is 3. The van der Waals surface area contributed by atoms with Gasteiger partial charge in [-0.25, -0.2) is 9.67 Å². The van der Waals surface area contributed by atoms with Crippen molar-refractivity contribution in [3.05, 3.63) is 23.0 Å². The summed E-state index contributed by atoms with van der Waals surface area (Å²) in [7, 11) is 0. The zero-order valence-electron chi connectivity index (χ0n) is 12.7. The van der Waals surface area contributed by atoms with Crippen LogP contribution in [0.1, 0.15) is 28.7 Å². The number of pyridine rings is 1. The molecule has 0 bridgehead atoms. The van der Waals surface area contributed by atoms with Crippen LogP contribution < -0.4 is 0 Å². The van der Waals surface area contributed by atoms with Crippen LogP contribution in [0, 0.1) is 13.8 Å². The third-order valence-corrected chi connectivity index (χ3v) is 3.83. The Morgan fingerprint density at radius 3 is 2.71 bits per heavy atom. The molecule has 0 spiro atoms. The molecule has 1 fully saturated rings. The van der Waals surface area contributed by atoms with Gasteiger partial charge in [0.2, 0.25) is 0 Å². The Morgan fingerprint density at radius 1 is 1.33 bits per heavy atom. The zero-order valence-corrected chi connectivity index (χ0v) is 12.7. The second-order valence-electron chi connectivity index (χ2n) is 5.32. The number of carbonyl (C=O) groups excluding carboxylic acids is 1. The van der Waals surface area contributed by atoms with Crippen LogP contribution in [0.2, 0.25) is 0 Å². The van der Waals surface area contributed by atoms with Gasteiger partial charge in [-0.1, -0.05) is 0 Å². The predicted octanol–water partition coefficient (Wildman–Crippen LogP) is 1.54. The SMILES string of the molecule is CCn1nc(C)c2c(C(=O)N3CCOCC3)cc(C)nc21. The van der Waals surface area contributed by atoms with Crippen LogP contribution >= 0.6 is 0 Å². The summed E-state index contributed by atoms with van der Waals surface area (Å²) < 4.78 is 7.17. The van der Waals surface area contributed by atoms with Gasteiger partial charge in [-0.15, -0.1) is 0 Å². The van der Waals surface area contributed by atoms with Crippen LogP contribution in [0.4, 0.5) is 0 Å². The highest BCUT2D eigenvalue weighted by molar-refractivity contribution is 6.06. The average Bonchev–Trinajstić information content (AvgIpc) is 2.82. The lowest BCUT2D eigenvalue weighted by Gasteiger charge is -2.27. The van der Waals surface area contributed by atoms with E-state index in [4.69, 9.17) is 4.74 Å². The van der Waals surface area contributed by atoms with E-state index in [0.29, 0.717) is 31.9 Å². The van der Waals surface area contributed by atoms with Crippen LogP contribution in [0.25, 0.3) is 11.0 Å². The fraction of sp³-hybridized carbons (Fsp3) is 0.533. The van der Waals surface area contributed by atoms with Crippen LogP contribution in [-0.4, -0.2) is 51.9 Å². The summed E-state index contributed by atoms with van der Waals surface area (Å²) >= 11 is 0. The number of hydrogen-bond donors (Lipinski definition) is 0. The van der Waals surface area contributed by atoms with E-state index in [0.717, 1.165) is 29.0 Å². The molecule has 1 aliphatic heterocycles. The molecule has 2 aromatic heterocycles. The molecule has 1 amide bonds. The lowest BCUT2D eigenvalue weighted by Crippen LogP contribution is -2.40. The minimum absolute atomic E-state index is 0.0487. The van der Waals surface area contributed by atoms with Crippen molar-refractivity contribution >= 4 is 16.9 Å². The van der Waals surface area contributed by atoms with Gasteiger partial charge >= 0.3 is 0 Å². The van der Waals surface area contributed by atoms with Gasteiger partial charge in [0, 0.05) is 25.3 Å². The van der Waals surface area contributed by atoms with E-state index in [9.17, 15) is 4.79 Å². The van der Waals surface area contributed by atoms with Crippen molar-refractivity contribution in [3.8, 4) is 0 Å². The largest absolute Gasteiger partial charge is 0.378 e. The molecule has 0 N–H and O–H groups in total. The number of amides is 1. The summed E-state index contributed by atoms with van der Waals surface area (Å²) in [5.74, 6) is 0.0487. The van der Waals surface area contributed by atoms with Gasteiger partial charge in [0.05, 0.1) is 29.9 Å². The second kappa shape index (κ2) is 5.44. The normalized spacial score (nSPS) is 15.7. The molecular weight excluding hydrogens is 268 g/mol. The van der Waals surface area contributed by atoms with Gasteiger partial charge in [0.1, 0.15) is 0 Å². The minimum atomic E-state index is 0.0487. The van der Waals surface area contributed by atoms with Crippen molar-refractivity contribution < 1.29 is 9.53 Å². The molecule has 0 aliphatic carbocycles. The molecule has 2 aromatic rings. The van der Waals surface area contributed by atoms with Gasteiger partial charge in [-0.05, 0) is 26.8 Å². The Hall–Kier alpha value is -1.95. The molecular formula is C15H20N4O2.